The highest BCUT2D eigenvalue weighted by molar-refractivity contribution is 5.52. The zero-order valence-electron chi connectivity index (χ0n) is 11.1. The Labute approximate surface area is 117 Å². The van der Waals surface area contributed by atoms with Crippen molar-refractivity contribution in [2.75, 3.05) is 5.32 Å². The van der Waals surface area contributed by atoms with Gasteiger partial charge in [0, 0.05) is 11.9 Å². The lowest BCUT2D eigenvalue weighted by molar-refractivity contribution is 0.839. The standard InChI is InChI=1S/C15H15N5/c1-12(15-7-2-3-8-16-15)19-13-5-4-6-14(9-13)20-10-17-18-11-20/h2-12,19H,1H3. The van der Waals surface area contributed by atoms with E-state index in [2.05, 4.69) is 33.5 Å². The highest BCUT2D eigenvalue weighted by Gasteiger charge is 2.06. The van der Waals surface area contributed by atoms with Crippen LogP contribution in [0.5, 0.6) is 0 Å². The molecule has 5 nitrogen and oxygen atoms in total. The van der Waals surface area contributed by atoms with Crippen LogP contribution >= 0.6 is 0 Å². The third-order valence-corrected chi connectivity index (χ3v) is 3.08. The highest BCUT2D eigenvalue weighted by Crippen LogP contribution is 2.19. The molecular formula is C15H15N5. The van der Waals surface area contributed by atoms with E-state index in [1.807, 2.05) is 41.0 Å². The van der Waals surface area contributed by atoms with Gasteiger partial charge in [-0.05, 0) is 37.3 Å². The van der Waals surface area contributed by atoms with Gasteiger partial charge in [0.25, 0.3) is 0 Å². The van der Waals surface area contributed by atoms with E-state index in [9.17, 15) is 0 Å². The third-order valence-electron chi connectivity index (χ3n) is 3.08. The van der Waals surface area contributed by atoms with Crippen LogP contribution in [0.2, 0.25) is 0 Å². The Kier molecular flexibility index (Phi) is 3.41. The Hall–Kier alpha value is -2.69. The van der Waals surface area contributed by atoms with Gasteiger partial charge in [-0.1, -0.05) is 12.1 Å². The van der Waals surface area contributed by atoms with Crippen molar-refractivity contribution < 1.29 is 0 Å². The fourth-order valence-electron chi connectivity index (χ4n) is 2.05. The van der Waals surface area contributed by atoms with Crippen molar-refractivity contribution in [2.45, 2.75) is 13.0 Å². The molecule has 0 spiro atoms. The second-order valence-electron chi connectivity index (χ2n) is 4.54. The molecule has 0 saturated carbocycles. The number of nitrogens with zero attached hydrogens (tertiary/aromatic N) is 4. The normalized spacial score (nSPS) is 12.1. The molecule has 0 aliphatic heterocycles. The summed E-state index contributed by atoms with van der Waals surface area (Å²) >= 11 is 0. The van der Waals surface area contributed by atoms with Gasteiger partial charge in [0.1, 0.15) is 12.7 Å². The van der Waals surface area contributed by atoms with Crippen LogP contribution in [0.25, 0.3) is 5.69 Å². The lowest BCUT2D eigenvalue weighted by atomic mass is 10.2. The lowest BCUT2D eigenvalue weighted by Gasteiger charge is -2.15. The molecule has 3 rings (SSSR count). The first-order valence-corrected chi connectivity index (χ1v) is 6.45. The predicted octanol–water partition coefficient (Wildman–Crippen LogP) is 2.84. The van der Waals surface area contributed by atoms with Crippen LogP contribution in [-0.2, 0) is 0 Å². The number of hydrogen-bond donors (Lipinski definition) is 1. The molecule has 100 valence electrons. The summed E-state index contributed by atoms with van der Waals surface area (Å²) in [6.07, 6.45) is 5.17. The van der Waals surface area contributed by atoms with Crippen molar-refractivity contribution in [2.24, 2.45) is 0 Å². The smallest absolute Gasteiger partial charge is 0.123 e. The monoisotopic (exact) mass is 265 g/mol. The Morgan fingerprint density at radius 2 is 1.90 bits per heavy atom. The summed E-state index contributed by atoms with van der Waals surface area (Å²) in [7, 11) is 0. The number of pyridine rings is 1. The van der Waals surface area contributed by atoms with Crippen molar-refractivity contribution >= 4 is 5.69 Å². The number of rotatable bonds is 4. The summed E-state index contributed by atoms with van der Waals surface area (Å²) in [6, 6.07) is 14.2. The molecule has 0 fully saturated rings. The van der Waals surface area contributed by atoms with Gasteiger partial charge in [0.05, 0.1) is 17.4 Å². The van der Waals surface area contributed by atoms with Crippen LogP contribution in [0.3, 0.4) is 0 Å². The van der Waals surface area contributed by atoms with Gasteiger partial charge in [0.2, 0.25) is 0 Å². The first-order chi connectivity index (χ1) is 9.83. The molecule has 5 heteroatoms. The minimum atomic E-state index is 0.146. The van der Waals surface area contributed by atoms with Crippen LogP contribution < -0.4 is 5.32 Å². The van der Waals surface area contributed by atoms with E-state index in [4.69, 9.17) is 0 Å². The first kappa shape index (κ1) is 12.3. The fourth-order valence-corrected chi connectivity index (χ4v) is 2.05. The molecule has 1 unspecified atom stereocenters. The van der Waals surface area contributed by atoms with Crippen LogP contribution in [0.1, 0.15) is 18.7 Å². The largest absolute Gasteiger partial charge is 0.377 e. The van der Waals surface area contributed by atoms with Gasteiger partial charge >= 0.3 is 0 Å². The predicted molar refractivity (Wildman–Crippen MR) is 77.6 cm³/mol. The molecule has 1 atom stereocenters. The van der Waals surface area contributed by atoms with Crippen LogP contribution in [0.15, 0.2) is 61.3 Å². The Morgan fingerprint density at radius 1 is 1.05 bits per heavy atom. The third kappa shape index (κ3) is 2.66. The zero-order valence-corrected chi connectivity index (χ0v) is 11.1. The van der Waals surface area contributed by atoms with E-state index in [0.717, 1.165) is 17.1 Å². The number of anilines is 1. The van der Waals surface area contributed by atoms with Crippen molar-refractivity contribution in [3.8, 4) is 5.69 Å². The quantitative estimate of drug-likeness (QED) is 0.788. The Balaban J connectivity index is 1.80. The first-order valence-electron chi connectivity index (χ1n) is 6.45. The van der Waals surface area contributed by atoms with Crippen molar-refractivity contribution in [3.63, 3.8) is 0 Å². The average molecular weight is 265 g/mol. The second kappa shape index (κ2) is 5.52. The molecule has 0 radical (unpaired) electrons. The summed E-state index contributed by atoms with van der Waals surface area (Å²) in [5.74, 6) is 0. The highest BCUT2D eigenvalue weighted by atomic mass is 15.2. The minimum absolute atomic E-state index is 0.146. The number of benzene rings is 1. The number of hydrogen-bond acceptors (Lipinski definition) is 4. The summed E-state index contributed by atoms with van der Waals surface area (Å²) in [4.78, 5) is 4.36. The maximum absolute atomic E-state index is 4.36. The number of nitrogens with one attached hydrogen (secondary N) is 1. The van der Waals surface area contributed by atoms with E-state index in [-0.39, 0.29) is 6.04 Å². The molecule has 1 N–H and O–H groups in total. The molecule has 2 aromatic heterocycles. The van der Waals surface area contributed by atoms with Gasteiger partial charge in [-0.2, -0.15) is 0 Å². The van der Waals surface area contributed by atoms with Gasteiger partial charge in [-0.15, -0.1) is 10.2 Å². The Bertz CT molecular complexity index is 664. The summed E-state index contributed by atoms with van der Waals surface area (Å²) in [5, 5.41) is 11.1. The molecule has 0 saturated heterocycles. The summed E-state index contributed by atoms with van der Waals surface area (Å²) < 4.78 is 1.87. The molecule has 2 heterocycles. The SMILES string of the molecule is CC(Nc1cccc(-n2cnnc2)c1)c1ccccn1. The van der Waals surface area contributed by atoms with E-state index in [1.54, 1.807) is 18.9 Å². The maximum atomic E-state index is 4.36. The van der Waals surface area contributed by atoms with Crippen molar-refractivity contribution in [3.05, 3.63) is 67.0 Å². The second-order valence-corrected chi connectivity index (χ2v) is 4.54. The fraction of sp³-hybridized carbons (Fsp3) is 0.133. The van der Waals surface area contributed by atoms with E-state index >= 15 is 0 Å². The van der Waals surface area contributed by atoms with E-state index in [1.165, 1.54) is 0 Å². The molecule has 1 aromatic carbocycles. The molecule has 3 aromatic rings. The van der Waals surface area contributed by atoms with E-state index in [0.29, 0.717) is 0 Å². The Morgan fingerprint density at radius 3 is 2.65 bits per heavy atom. The lowest BCUT2D eigenvalue weighted by Crippen LogP contribution is -2.08. The van der Waals surface area contributed by atoms with Gasteiger partial charge in [-0.3, -0.25) is 9.55 Å². The molecule has 0 amide bonds. The summed E-state index contributed by atoms with van der Waals surface area (Å²) in [5.41, 5.74) is 3.07. The molecule has 0 bridgehead atoms. The zero-order chi connectivity index (χ0) is 13.8. The average Bonchev–Trinajstić information content (AvgIpc) is 3.03. The number of aromatic nitrogens is 4. The van der Waals surface area contributed by atoms with Crippen molar-refractivity contribution in [1.29, 1.82) is 0 Å². The van der Waals surface area contributed by atoms with Gasteiger partial charge < -0.3 is 5.32 Å². The molecular weight excluding hydrogens is 250 g/mol. The topological polar surface area (TPSA) is 55.6 Å². The van der Waals surface area contributed by atoms with E-state index < -0.39 is 0 Å². The van der Waals surface area contributed by atoms with Crippen LogP contribution in [0, 0.1) is 0 Å². The minimum Gasteiger partial charge on any atom is -0.377 e. The molecule has 20 heavy (non-hydrogen) atoms. The van der Waals surface area contributed by atoms with Gasteiger partial charge in [-0.25, -0.2) is 0 Å². The molecule has 0 aliphatic rings. The van der Waals surface area contributed by atoms with Crippen molar-refractivity contribution in [1.82, 2.24) is 19.7 Å². The van der Waals surface area contributed by atoms with Crippen LogP contribution in [0.4, 0.5) is 5.69 Å². The van der Waals surface area contributed by atoms with Gasteiger partial charge in [0.15, 0.2) is 0 Å². The molecule has 0 aliphatic carbocycles. The maximum Gasteiger partial charge on any atom is 0.123 e. The van der Waals surface area contributed by atoms with Crippen LogP contribution in [-0.4, -0.2) is 19.7 Å². The summed E-state index contributed by atoms with van der Waals surface area (Å²) in [6.45, 7) is 2.09.